The summed E-state index contributed by atoms with van der Waals surface area (Å²) in [7, 11) is -2.75. The number of carbonyl (C=O) groups is 2. The topological polar surface area (TPSA) is 162 Å². The molecule has 4 atom stereocenters. The van der Waals surface area contributed by atoms with E-state index in [-0.39, 0.29) is 30.5 Å². The summed E-state index contributed by atoms with van der Waals surface area (Å²) in [4.78, 5) is 40.9. The number of benzene rings is 1. The molecule has 2 aromatic heterocycles. The molecule has 2 bridgehead atoms. The predicted molar refractivity (Wildman–Crippen MR) is 155 cm³/mol. The van der Waals surface area contributed by atoms with Crippen molar-refractivity contribution < 1.29 is 41.8 Å². The number of ether oxygens (including phenoxy) is 4. The average molecular weight is 630 g/mol. The van der Waals surface area contributed by atoms with Gasteiger partial charge in [-0.2, -0.15) is 4.31 Å². The van der Waals surface area contributed by atoms with Crippen LogP contribution < -0.4 is 10.2 Å². The minimum atomic E-state index is -4.24. The third kappa shape index (κ3) is 6.23. The largest absolute Gasteiger partial charge is 0.447 e. The molecule has 3 aromatic rings. The third-order valence-electron chi connectivity index (χ3n) is 8.07. The van der Waals surface area contributed by atoms with E-state index >= 15 is 0 Å². The number of sulfonamides is 1. The number of carbonyl (C=O) groups excluding carboxylic acids is 2. The van der Waals surface area contributed by atoms with E-state index in [4.69, 9.17) is 23.8 Å². The Balaban J connectivity index is 1.22. The SMILES string of the molecule is COCCOC(=O)N1C2CC[C@@H]1CN(S(=O)(=O)c1ccc(Oc3cc4ccccc4[nH]3)nc1)[C@H]2C(=O)NOC1CCCCO1. The average Bonchev–Trinajstić information content (AvgIpc) is 3.58. The van der Waals surface area contributed by atoms with Crippen LogP contribution in [0.15, 0.2) is 53.6 Å². The van der Waals surface area contributed by atoms with Gasteiger partial charge in [0.15, 0.2) is 6.29 Å². The van der Waals surface area contributed by atoms with E-state index in [1.807, 2.05) is 30.3 Å². The molecule has 0 radical (unpaired) electrons. The minimum absolute atomic E-state index is 0.0326. The fraction of sp³-hybridized carbons (Fsp3) is 0.483. The molecule has 44 heavy (non-hydrogen) atoms. The molecule has 0 saturated carbocycles. The maximum atomic E-state index is 14.0. The molecule has 3 aliphatic heterocycles. The van der Waals surface area contributed by atoms with Crippen molar-refractivity contribution in [1.82, 2.24) is 24.7 Å². The zero-order chi connectivity index (χ0) is 30.7. The molecule has 3 aliphatic rings. The zero-order valence-electron chi connectivity index (χ0n) is 24.2. The van der Waals surface area contributed by atoms with Crippen LogP contribution >= 0.6 is 0 Å². The first kappa shape index (κ1) is 30.3. The summed E-state index contributed by atoms with van der Waals surface area (Å²) in [6, 6.07) is 9.80. The summed E-state index contributed by atoms with van der Waals surface area (Å²) in [6.07, 6.45) is 3.21. The number of para-hydroxylation sites is 1. The summed E-state index contributed by atoms with van der Waals surface area (Å²) in [5.74, 6) is -0.0537. The lowest BCUT2D eigenvalue weighted by molar-refractivity contribution is -0.203. The number of H-pyrrole nitrogens is 1. The van der Waals surface area contributed by atoms with Gasteiger partial charge in [-0.05, 0) is 37.8 Å². The van der Waals surface area contributed by atoms with Crippen molar-refractivity contribution in [1.29, 1.82) is 0 Å². The molecule has 1 aromatic carbocycles. The number of hydroxylamine groups is 1. The molecule has 2 unspecified atom stereocenters. The molecular weight excluding hydrogens is 594 g/mol. The van der Waals surface area contributed by atoms with Gasteiger partial charge in [0, 0.05) is 55.8 Å². The Morgan fingerprint density at radius 2 is 1.98 bits per heavy atom. The number of amides is 2. The quantitative estimate of drug-likeness (QED) is 0.252. The van der Waals surface area contributed by atoms with Crippen LogP contribution in [0.4, 0.5) is 4.79 Å². The summed E-state index contributed by atoms with van der Waals surface area (Å²) in [5.41, 5.74) is 3.30. The fourth-order valence-electron chi connectivity index (χ4n) is 5.96. The molecule has 15 heteroatoms. The van der Waals surface area contributed by atoms with Crippen LogP contribution in [0.2, 0.25) is 0 Å². The maximum Gasteiger partial charge on any atom is 0.410 e. The molecular formula is C29H35N5O9S. The van der Waals surface area contributed by atoms with Crippen LogP contribution in [0.5, 0.6) is 11.8 Å². The van der Waals surface area contributed by atoms with Gasteiger partial charge >= 0.3 is 6.09 Å². The maximum absolute atomic E-state index is 14.0. The van der Waals surface area contributed by atoms with Crippen molar-refractivity contribution in [2.75, 3.05) is 33.5 Å². The Morgan fingerprint density at radius 1 is 1.11 bits per heavy atom. The third-order valence-corrected chi connectivity index (χ3v) is 9.90. The van der Waals surface area contributed by atoms with Gasteiger partial charge in [0.25, 0.3) is 5.91 Å². The number of aromatic amines is 1. The number of piperazine rings is 1. The number of hydrogen-bond acceptors (Lipinski definition) is 10. The molecule has 0 aliphatic carbocycles. The molecule has 3 fully saturated rings. The second-order valence-corrected chi connectivity index (χ2v) is 12.8. The van der Waals surface area contributed by atoms with E-state index in [1.165, 1.54) is 30.3 Å². The number of methoxy groups -OCH3 is 1. The summed E-state index contributed by atoms with van der Waals surface area (Å²) in [5, 5.41) is 0.960. The van der Waals surface area contributed by atoms with Gasteiger partial charge in [-0.3, -0.25) is 9.69 Å². The van der Waals surface area contributed by atoms with Crippen molar-refractivity contribution in [3.63, 3.8) is 0 Å². The van der Waals surface area contributed by atoms with E-state index < -0.39 is 46.4 Å². The molecule has 0 spiro atoms. The highest BCUT2D eigenvalue weighted by Gasteiger charge is 2.55. The van der Waals surface area contributed by atoms with E-state index in [1.54, 1.807) is 0 Å². The van der Waals surface area contributed by atoms with Crippen molar-refractivity contribution in [3.8, 4) is 11.8 Å². The molecule has 2 N–H and O–H groups in total. The molecule has 2 amide bonds. The highest BCUT2D eigenvalue weighted by molar-refractivity contribution is 7.89. The van der Waals surface area contributed by atoms with Crippen LogP contribution in [0.25, 0.3) is 10.9 Å². The van der Waals surface area contributed by atoms with Gasteiger partial charge in [-0.1, -0.05) is 18.2 Å². The second kappa shape index (κ2) is 13.1. The number of rotatable bonds is 10. The van der Waals surface area contributed by atoms with E-state index in [0.717, 1.165) is 28.0 Å². The number of fused-ring (bicyclic) bond motifs is 3. The molecule has 14 nitrogen and oxygen atoms in total. The number of aromatic nitrogens is 2. The van der Waals surface area contributed by atoms with Crippen LogP contribution in [0.1, 0.15) is 32.1 Å². The summed E-state index contributed by atoms with van der Waals surface area (Å²) < 4.78 is 50.9. The Morgan fingerprint density at radius 3 is 2.73 bits per heavy atom. The normalized spacial score (nSPS) is 23.9. The Kier molecular flexibility index (Phi) is 9.00. The molecule has 5 heterocycles. The molecule has 6 rings (SSSR count). The monoisotopic (exact) mass is 629 g/mol. The van der Waals surface area contributed by atoms with Crippen molar-refractivity contribution in [2.45, 2.75) is 61.4 Å². The number of nitrogens with one attached hydrogen (secondary N) is 2. The van der Waals surface area contributed by atoms with Crippen molar-refractivity contribution in [3.05, 3.63) is 48.7 Å². The fourth-order valence-corrected chi connectivity index (χ4v) is 7.56. The van der Waals surface area contributed by atoms with Crippen molar-refractivity contribution >= 4 is 32.9 Å². The standard InChI is InChI=1S/C29H35N5O9S/c1-39-14-15-41-29(36)34-20-9-11-23(34)27(28(35)32-43-26-8-4-5-13-40-26)33(18-20)44(37,38)21-10-12-24(30-17-21)42-25-16-19-6-2-3-7-22(19)31-25/h2-3,6-7,10,12,16-17,20,23,26-27,31H,4-5,8-9,11,13-15,18H2,1H3,(H,32,35)/t20-,23?,26?,27-/m1/s1. The zero-order valence-corrected chi connectivity index (χ0v) is 25.0. The van der Waals surface area contributed by atoms with Crippen LogP contribution in [0.3, 0.4) is 0 Å². The second-order valence-electron chi connectivity index (χ2n) is 10.9. The van der Waals surface area contributed by atoms with Gasteiger partial charge in [0.2, 0.25) is 21.8 Å². The summed E-state index contributed by atoms with van der Waals surface area (Å²) >= 11 is 0. The van der Waals surface area contributed by atoms with Crippen molar-refractivity contribution in [2.24, 2.45) is 0 Å². The van der Waals surface area contributed by atoms with E-state index in [2.05, 4.69) is 15.4 Å². The first-order valence-electron chi connectivity index (χ1n) is 14.6. The molecule has 236 valence electrons. The van der Waals surface area contributed by atoms with Gasteiger partial charge in [0.05, 0.1) is 18.8 Å². The smallest absolute Gasteiger partial charge is 0.410 e. The first-order valence-corrected chi connectivity index (χ1v) is 16.0. The predicted octanol–water partition coefficient (Wildman–Crippen LogP) is 2.92. The highest BCUT2D eigenvalue weighted by atomic mass is 32.2. The lowest BCUT2D eigenvalue weighted by Gasteiger charge is -2.44. The lowest BCUT2D eigenvalue weighted by Crippen LogP contribution is -2.66. The Hall–Kier alpha value is -3.76. The van der Waals surface area contributed by atoms with Gasteiger partial charge in [-0.25, -0.2) is 28.5 Å². The van der Waals surface area contributed by atoms with E-state index in [0.29, 0.717) is 31.7 Å². The Labute approximate surface area is 254 Å². The number of pyridine rings is 1. The number of hydrogen-bond donors (Lipinski definition) is 2. The van der Waals surface area contributed by atoms with Crippen LogP contribution in [0, 0.1) is 0 Å². The minimum Gasteiger partial charge on any atom is -0.447 e. The lowest BCUT2D eigenvalue weighted by atomic mass is 10.1. The van der Waals surface area contributed by atoms with Gasteiger partial charge < -0.3 is 23.9 Å². The first-order chi connectivity index (χ1) is 21.3. The van der Waals surface area contributed by atoms with E-state index in [9.17, 15) is 18.0 Å². The van der Waals surface area contributed by atoms with Gasteiger partial charge in [-0.15, -0.1) is 0 Å². The van der Waals surface area contributed by atoms with Gasteiger partial charge in [0.1, 0.15) is 17.5 Å². The highest BCUT2D eigenvalue weighted by Crippen LogP contribution is 2.38. The number of nitrogens with zero attached hydrogens (tertiary/aromatic N) is 3. The molecule has 3 saturated heterocycles. The summed E-state index contributed by atoms with van der Waals surface area (Å²) in [6.45, 7) is 0.638. The van der Waals surface area contributed by atoms with Crippen LogP contribution in [-0.2, 0) is 33.9 Å². The Bertz CT molecular complexity index is 1540. The van der Waals surface area contributed by atoms with Crippen LogP contribution in [-0.4, -0.2) is 97.5 Å².